The van der Waals surface area contributed by atoms with Crippen LogP contribution in [0.5, 0.6) is 5.88 Å². The van der Waals surface area contributed by atoms with Gasteiger partial charge in [0.2, 0.25) is 5.88 Å². The van der Waals surface area contributed by atoms with Crippen molar-refractivity contribution in [2.75, 3.05) is 5.32 Å². The fourth-order valence-corrected chi connectivity index (χ4v) is 3.34. The highest BCUT2D eigenvalue weighted by Crippen LogP contribution is 2.37. The standard InChI is InChI=1S/C18H16F3N5O3S/c1-10-15(27)26(12-2-4-13(5-3-12)30-18(19,20)21)17(29)25(10)9-11-6-7-23-14(8-11)24-16(22)28/h2-8,27H,9H2,1H3,(H3,22,23,24,28). The van der Waals surface area contributed by atoms with Gasteiger partial charge in [0, 0.05) is 11.1 Å². The molecule has 0 spiro atoms. The van der Waals surface area contributed by atoms with E-state index in [1.807, 2.05) is 0 Å². The highest BCUT2D eigenvalue weighted by atomic mass is 32.2. The first-order valence-corrected chi connectivity index (χ1v) is 9.25. The number of primary amides is 1. The van der Waals surface area contributed by atoms with Crippen LogP contribution in [0.3, 0.4) is 0 Å². The summed E-state index contributed by atoms with van der Waals surface area (Å²) in [5.41, 5.74) is 1.14. The molecule has 0 fully saturated rings. The normalized spacial score (nSPS) is 11.5. The number of nitrogens with zero attached hydrogens (tertiary/aromatic N) is 3. The van der Waals surface area contributed by atoms with Crippen molar-refractivity contribution >= 4 is 23.6 Å². The fraction of sp³-hybridized carbons (Fsp3) is 0.167. The van der Waals surface area contributed by atoms with Crippen LogP contribution in [-0.2, 0) is 6.54 Å². The smallest absolute Gasteiger partial charge is 0.446 e. The number of hydrogen-bond acceptors (Lipinski definition) is 5. The zero-order chi connectivity index (χ0) is 22.1. The molecule has 8 nitrogen and oxygen atoms in total. The Bertz CT molecular complexity index is 1140. The minimum absolute atomic E-state index is 0.0405. The third kappa shape index (κ3) is 4.76. The number of halogens is 3. The average Bonchev–Trinajstić information content (AvgIpc) is 2.85. The van der Waals surface area contributed by atoms with E-state index in [0.717, 1.165) is 4.57 Å². The number of nitrogens with one attached hydrogen (secondary N) is 1. The number of nitrogens with two attached hydrogens (primary N) is 1. The summed E-state index contributed by atoms with van der Waals surface area (Å²) < 4.78 is 39.7. The first kappa shape index (κ1) is 21.3. The molecular formula is C18H16F3N5O3S. The lowest BCUT2D eigenvalue weighted by molar-refractivity contribution is -0.0328. The number of carbonyl (C=O) groups is 1. The maximum atomic E-state index is 12.9. The molecule has 0 atom stereocenters. The molecule has 2 heterocycles. The lowest BCUT2D eigenvalue weighted by atomic mass is 10.2. The minimum Gasteiger partial charge on any atom is -0.493 e. The number of amides is 2. The summed E-state index contributed by atoms with van der Waals surface area (Å²) in [6.07, 6.45) is 1.43. The van der Waals surface area contributed by atoms with E-state index in [9.17, 15) is 27.9 Å². The quantitative estimate of drug-likeness (QED) is 0.528. The molecule has 0 radical (unpaired) electrons. The van der Waals surface area contributed by atoms with Crippen molar-refractivity contribution in [3.63, 3.8) is 0 Å². The summed E-state index contributed by atoms with van der Waals surface area (Å²) in [5, 5.41) is 12.8. The van der Waals surface area contributed by atoms with Crippen LogP contribution in [0, 0.1) is 6.92 Å². The van der Waals surface area contributed by atoms with E-state index in [-0.39, 0.29) is 46.3 Å². The molecule has 2 amide bonds. The number of urea groups is 1. The van der Waals surface area contributed by atoms with Crippen molar-refractivity contribution in [2.24, 2.45) is 5.73 Å². The number of anilines is 1. The largest absolute Gasteiger partial charge is 0.493 e. The van der Waals surface area contributed by atoms with Gasteiger partial charge in [-0.15, -0.1) is 0 Å². The summed E-state index contributed by atoms with van der Waals surface area (Å²) in [4.78, 5) is 27.7. The number of rotatable bonds is 5. The summed E-state index contributed by atoms with van der Waals surface area (Å²) in [5.74, 6) is -0.132. The minimum atomic E-state index is -4.42. The summed E-state index contributed by atoms with van der Waals surface area (Å²) in [6.45, 7) is 1.59. The van der Waals surface area contributed by atoms with Crippen molar-refractivity contribution in [3.05, 3.63) is 64.3 Å². The highest BCUT2D eigenvalue weighted by Gasteiger charge is 2.29. The number of imidazole rings is 1. The van der Waals surface area contributed by atoms with Crippen molar-refractivity contribution in [1.29, 1.82) is 0 Å². The van der Waals surface area contributed by atoms with Crippen LogP contribution in [0.1, 0.15) is 11.3 Å². The molecule has 1 aromatic carbocycles. The molecule has 158 valence electrons. The molecule has 0 saturated carbocycles. The maximum Gasteiger partial charge on any atom is 0.446 e. The number of aromatic hydroxyl groups is 1. The Labute approximate surface area is 172 Å². The van der Waals surface area contributed by atoms with E-state index in [2.05, 4.69) is 10.3 Å². The van der Waals surface area contributed by atoms with Crippen molar-refractivity contribution in [2.45, 2.75) is 23.9 Å². The first-order chi connectivity index (χ1) is 14.0. The highest BCUT2D eigenvalue weighted by molar-refractivity contribution is 8.00. The fourth-order valence-electron chi connectivity index (χ4n) is 2.80. The maximum absolute atomic E-state index is 12.9. The van der Waals surface area contributed by atoms with Gasteiger partial charge in [-0.25, -0.2) is 19.1 Å². The molecule has 0 saturated heterocycles. The second-order valence-electron chi connectivity index (χ2n) is 6.19. The average molecular weight is 439 g/mol. The van der Waals surface area contributed by atoms with E-state index in [1.165, 1.54) is 48.0 Å². The van der Waals surface area contributed by atoms with Gasteiger partial charge in [0.05, 0.1) is 17.9 Å². The monoisotopic (exact) mass is 439 g/mol. The van der Waals surface area contributed by atoms with Crippen molar-refractivity contribution < 1.29 is 23.1 Å². The number of benzene rings is 1. The van der Waals surface area contributed by atoms with Gasteiger partial charge < -0.3 is 10.8 Å². The Morgan fingerprint density at radius 2 is 1.93 bits per heavy atom. The number of aromatic nitrogens is 3. The lowest BCUT2D eigenvalue weighted by Crippen LogP contribution is -2.24. The van der Waals surface area contributed by atoms with Gasteiger partial charge in [0.25, 0.3) is 0 Å². The Morgan fingerprint density at radius 1 is 1.27 bits per heavy atom. The van der Waals surface area contributed by atoms with Crippen molar-refractivity contribution in [3.8, 4) is 11.6 Å². The molecule has 30 heavy (non-hydrogen) atoms. The Hall–Kier alpha value is -3.41. The van der Waals surface area contributed by atoms with Gasteiger partial charge in [-0.3, -0.25) is 9.88 Å². The number of carbonyl (C=O) groups excluding carboxylic acids is 1. The number of alkyl halides is 3. The van der Waals surface area contributed by atoms with Crippen LogP contribution in [-0.4, -0.2) is 30.8 Å². The summed E-state index contributed by atoms with van der Waals surface area (Å²) in [7, 11) is 0. The lowest BCUT2D eigenvalue weighted by Gasteiger charge is -2.07. The molecule has 0 unspecified atom stereocenters. The van der Waals surface area contributed by atoms with E-state index >= 15 is 0 Å². The van der Waals surface area contributed by atoms with Crippen LogP contribution >= 0.6 is 11.8 Å². The van der Waals surface area contributed by atoms with Crippen LogP contribution in [0.2, 0.25) is 0 Å². The zero-order valence-electron chi connectivity index (χ0n) is 15.5. The van der Waals surface area contributed by atoms with Gasteiger partial charge in [-0.2, -0.15) is 13.2 Å². The third-order valence-corrected chi connectivity index (χ3v) is 4.85. The first-order valence-electron chi connectivity index (χ1n) is 8.44. The zero-order valence-corrected chi connectivity index (χ0v) is 16.3. The van der Waals surface area contributed by atoms with E-state index < -0.39 is 17.2 Å². The molecule has 4 N–H and O–H groups in total. The van der Waals surface area contributed by atoms with Gasteiger partial charge in [-0.1, -0.05) is 0 Å². The Kier molecular flexibility index (Phi) is 5.78. The molecule has 2 aromatic heterocycles. The SMILES string of the molecule is Cc1c(O)n(-c2ccc(SC(F)(F)F)cc2)c(=O)n1Cc1ccnc(NC(N)=O)c1. The van der Waals surface area contributed by atoms with Gasteiger partial charge >= 0.3 is 17.2 Å². The molecular weight excluding hydrogens is 423 g/mol. The number of hydrogen-bond donors (Lipinski definition) is 3. The summed E-state index contributed by atoms with van der Waals surface area (Å²) in [6, 6.07) is 7.43. The molecule has 0 aliphatic carbocycles. The second-order valence-corrected chi connectivity index (χ2v) is 7.33. The Balaban J connectivity index is 1.92. The summed E-state index contributed by atoms with van der Waals surface area (Å²) >= 11 is -0.271. The predicted molar refractivity (Wildman–Crippen MR) is 105 cm³/mol. The van der Waals surface area contributed by atoms with E-state index in [0.29, 0.717) is 5.56 Å². The van der Waals surface area contributed by atoms with Crippen LogP contribution in [0.15, 0.2) is 52.3 Å². The molecule has 0 aliphatic rings. The van der Waals surface area contributed by atoms with Crippen LogP contribution < -0.4 is 16.7 Å². The predicted octanol–water partition coefficient (Wildman–Crippen LogP) is 3.20. The third-order valence-electron chi connectivity index (χ3n) is 4.11. The second kappa shape index (κ2) is 8.14. The molecule has 3 rings (SSSR count). The van der Waals surface area contributed by atoms with Crippen LogP contribution in [0.25, 0.3) is 5.69 Å². The molecule has 0 bridgehead atoms. The number of thioether (sulfide) groups is 1. The van der Waals surface area contributed by atoms with Crippen LogP contribution in [0.4, 0.5) is 23.8 Å². The van der Waals surface area contributed by atoms with Gasteiger partial charge in [-0.05, 0) is 60.6 Å². The van der Waals surface area contributed by atoms with E-state index in [4.69, 9.17) is 5.73 Å². The van der Waals surface area contributed by atoms with Crippen molar-refractivity contribution in [1.82, 2.24) is 14.1 Å². The molecule has 12 heteroatoms. The molecule has 0 aliphatic heterocycles. The molecule has 3 aromatic rings. The van der Waals surface area contributed by atoms with E-state index in [1.54, 1.807) is 6.07 Å². The topological polar surface area (TPSA) is 115 Å². The Morgan fingerprint density at radius 3 is 2.53 bits per heavy atom. The van der Waals surface area contributed by atoms with Gasteiger partial charge in [0.15, 0.2) is 0 Å². The number of pyridine rings is 1. The van der Waals surface area contributed by atoms with Gasteiger partial charge in [0.1, 0.15) is 5.82 Å².